The minimum atomic E-state index is 0.219. The minimum Gasteiger partial charge on any atom is -0.384 e. The molecule has 3 rings (SSSR count). The molecule has 0 aromatic heterocycles. The van der Waals surface area contributed by atoms with E-state index in [1.54, 1.807) is 12.1 Å². The summed E-state index contributed by atoms with van der Waals surface area (Å²) in [4.78, 5) is 12.3. The Labute approximate surface area is 134 Å². The maximum absolute atomic E-state index is 12.3. The van der Waals surface area contributed by atoms with Crippen LogP contribution in [0.2, 0.25) is 10.0 Å². The Balaban J connectivity index is 1.66. The Kier molecular flexibility index (Phi) is 4.18. The number of anilines is 1. The van der Waals surface area contributed by atoms with Gasteiger partial charge in [-0.3, -0.25) is 4.79 Å². The Morgan fingerprint density at radius 3 is 2.76 bits per heavy atom. The molecule has 0 spiro atoms. The minimum absolute atomic E-state index is 0.219. The predicted molar refractivity (Wildman–Crippen MR) is 87.5 cm³/mol. The molecule has 108 valence electrons. The van der Waals surface area contributed by atoms with Crippen LogP contribution in [0.4, 0.5) is 5.69 Å². The van der Waals surface area contributed by atoms with Gasteiger partial charge < -0.3 is 5.32 Å². The summed E-state index contributed by atoms with van der Waals surface area (Å²) >= 11 is 11.9. The second kappa shape index (κ2) is 6.08. The summed E-state index contributed by atoms with van der Waals surface area (Å²) in [6.45, 7) is 0.826. The molecule has 1 aliphatic rings. The van der Waals surface area contributed by atoms with Crippen LogP contribution in [-0.2, 0) is 11.2 Å². The van der Waals surface area contributed by atoms with Crippen LogP contribution < -0.4 is 5.32 Å². The van der Waals surface area contributed by atoms with Gasteiger partial charge >= 0.3 is 0 Å². The molecule has 2 aromatic carbocycles. The van der Waals surface area contributed by atoms with Crippen LogP contribution in [0.25, 0.3) is 0 Å². The standard InChI is InChI=1S/C17H15Cl2NO/c18-15-6-5-11(8-16(15)19)7-13(21)9-12-10-20-17-4-2-1-3-14(12)17/h1-6,8,12,20H,7,9-10H2. The third kappa shape index (κ3) is 3.22. The number of carbonyl (C=O) groups is 1. The maximum Gasteiger partial charge on any atom is 0.137 e. The van der Waals surface area contributed by atoms with E-state index in [1.807, 2.05) is 18.2 Å². The van der Waals surface area contributed by atoms with Gasteiger partial charge in [-0.1, -0.05) is 47.5 Å². The van der Waals surface area contributed by atoms with E-state index in [0.29, 0.717) is 22.9 Å². The molecule has 4 heteroatoms. The molecule has 1 unspecified atom stereocenters. The van der Waals surface area contributed by atoms with Gasteiger partial charge in [0.25, 0.3) is 0 Å². The molecule has 1 N–H and O–H groups in total. The van der Waals surface area contributed by atoms with E-state index in [9.17, 15) is 4.79 Å². The Morgan fingerprint density at radius 1 is 1.14 bits per heavy atom. The fourth-order valence-electron chi connectivity index (χ4n) is 2.76. The van der Waals surface area contributed by atoms with Crippen molar-refractivity contribution in [1.82, 2.24) is 0 Å². The third-order valence-electron chi connectivity index (χ3n) is 3.80. The van der Waals surface area contributed by atoms with E-state index < -0.39 is 0 Å². The van der Waals surface area contributed by atoms with Crippen LogP contribution in [0.1, 0.15) is 23.5 Å². The van der Waals surface area contributed by atoms with Gasteiger partial charge in [0.2, 0.25) is 0 Å². The first-order valence-corrected chi connectivity index (χ1v) is 7.67. The highest BCUT2D eigenvalue weighted by Crippen LogP contribution is 2.33. The Bertz CT molecular complexity index is 684. The lowest BCUT2D eigenvalue weighted by Crippen LogP contribution is -2.11. The lowest BCUT2D eigenvalue weighted by molar-refractivity contribution is -0.118. The van der Waals surface area contributed by atoms with Crippen LogP contribution in [0.5, 0.6) is 0 Å². The van der Waals surface area contributed by atoms with Crippen molar-refractivity contribution in [3.05, 3.63) is 63.6 Å². The SMILES string of the molecule is O=C(Cc1ccc(Cl)c(Cl)c1)CC1CNc2ccccc21. The number of hydrogen-bond acceptors (Lipinski definition) is 2. The summed E-state index contributed by atoms with van der Waals surface area (Å²) in [5, 5.41) is 4.36. The summed E-state index contributed by atoms with van der Waals surface area (Å²) < 4.78 is 0. The second-order valence-corrected chi connectivity index (χ2v) is 6.15. The maximum atomic E-state index is 12.3. The molecule has 2 nitrogen and oxygen atoms in total. The second-order valence-electron chi connectivity index (χ2n) is 5.33. The molecular weight excluding hydrogens is 305 g/mol. The Hall–Kier alpha value is -1.51. The number of carbonyl (C=O) groups excluding carboxylic acids is 1. The zero-order valence-electron chi connectivity index (χ0n) is 11.4. The van der Waals surface area contributed by atoms with Crippen molar-refractivity contribution in [3.8, 4) is 0 Å². The number of halogens is 2. The lowest BCUT2D eigenvalue weighted by atomic mass is 9.93. The highest BCUT2D eigenvalue weighted by Gasteiger charge is 2.23. The first kappa shape index (κ1) is 14.4. The fraction of sp³-hybridized carbons (Fsp3) is 0.235. The van der Waals surface area contributed by atoms with Gasteiger partial charge in [0.05, 0.1) is 10.0 Å². The smallest absolute Gasteiger partial charge is 0.137 e. The molecule has 0 saturated heterocycles. The normalized spacial score (nSPS) is 16.4. The van der Waals surface area contributed by atoms with Crippen molar-refractivity contribution in [1.29, 1.82) is 0 Å². The molecule has 0 fully saturated rings. The summed E-state index contributed by atoms with van der Waals surface area (Å²) in [5.74, 6) is 0.480. The molecule has 0 radical (unpaired) electrons. The average molecular weight is 320 g/mol. The molecule has 21 heavy (non-hydrogen) atoms. The molecule has 1 heterocycles. The van der Waals surface area contributed by atoms with Crippen molar-refractivity contribution >= 4 is 34.7 Å². The summed E-state index contributed by atoms with van der Waals surface area (Å²) in [5.41, 5.74) is 3.29. The van der Waals surface area contributed by atoms with Crippen molar-refractivity contribution in [2.24, 2.45) is 0 Å². The molecule has 0 amide bonds. The van der Waals surface area contributed by atoms with Gasteiger partial charge in [0.1, 0.15) is 5.78 Å². The van der Waals surface area contributed by atoms with Crippen molar-refractivity contribution in [3.63, 3.8) is 0 Å². The number of fused-ring (bicyclic) bond motifs is 1. The zero-order chi connectivity index (χ0) is 14.8. The van der Waals surface area contributed by atoms with E-state index in [2.05, 4.69) is 17.4 Å². The third-order valence-corrected chi connectivity index (χ3v) is 4.54. The van der Waals surface area contributed by atoms with E-state index in [-0.39, 0.29) is 11.7 Å². The average Bonchev–Trinajstić information content (AvgIpc) is 2.86. The van der Waals surface area contributed by atoms with Crippen molar-refractivity contribution in [2.45, 2.75) is 18.8 Å². The molecule has 0 saturated carbocycles. The zero-order valence-corrected chi connectivity index (χ0v) is 12.9. The van der Waals surface area contributed by atoms with Gasteiger partial charge in [-0.15, -0.1) is 0 Å². The van der Waals surface area contributed by atoms with Gasteiger partial charge in [0.15, 0.2) is 0 Å². The molecular formula is C17H15Cl2NO. The van der Waals surface area contributed by atoms with Crippen molar-refractivity contribution < 1.29 is 4.79 Å². The van der Waals surface area contributed by atoms with E-state index in [4.69, 9.17) is 23.2 Å². The highest BCUT2D eigenvalue weighted by molar-refractivity contribution is 6.42. The van der Waals surface area contributed by atoms with Crippen LogP contribution >= 0.6 is 23.2 Å². The predicted octanol–water partition coefficient (Wildman–Crippen LogP) is 4.70. The number of rotatable bonds is 4. The number of para-hydroxylation sites is 1. The summed E-state index contributed by atoms with van der Waals surface area (Å²) in [6.07, 6.45) is 0.944. The van der Waals surface area contributed by atoms with Crippen LogP contribution in [0.15, 0.2) is 42.5 Å². The molecule has 0 aliphatic carbocycles. The van der Waals surface area contributed by atoms with Crippen LogP contribution in [0.3, 0.4) is 0 Å². The van der Waals surface area contributed by atoms with Gasteiger partial charge in [-0.25, -0.2) is 0 Å². The Morgan fingerprint density at radius 2 is 1.95 bits per heavy atom. The quantitative estimate of drug-likeness (QED) is 0.884. The van der Waals surface area contributed by atoms with E-state index >= 15 is 0 Å². The molecule has 1 aliphatic heterocycles. The summed E-state index contributed by atoms with van der Waals surface area (Å²) in [7, 11) is 0. The topological polar surface area (TPSA) is 29.1 Å². The number of benzene rings is 2. The molecule has 1 atom stereocenters. The highest BCUT2D eigenvalue weighted by atomic mass is 35.5. The van der Waals surface area contributed by atoms with E-state index in [0.717, 1.165) is 17.8 Å². The number of nitrogens with one attached hydrogen (secondary N) is 1. The lowest BCUT2D eigenvalue weighted by Gasteiger charge is -2.09. The van der Waals surface area contributed by atoms with Crippen LogP contribution in [-0.4, -0.2) is 12.3 Å². The summed E-state index contributed by atoms with van der Waals surface area (Å²) in [6, 6.07) is 13.5. The first-order valence-electron chi connectivity index (χ1n) is 6.92. The van der Waals surface area contributed by atoms with Crippen LogP contribution in [0, 0.1) is 0 Å². The molecule has 2 aromatic rings. The monoisotopic (exact) mass is 319 g/mol. The number of ketones is 1. The van der Waals surface area contributed by atoms with Crippen molar-refractivity contribution in [2.75, 3.05) is 11.9 Å². The largest absolute Gasteiger partial charge is 0.384 e. The van der Waals surface area contributed by atoms with Gasteiger partial charge in [0, 0.05) is 31.0 Å². The first-order chi connectivity index (χ1) is 10.1. The molecule has 0 bridgehead atoms. The van der Waals surface area contributed by atoms with E-state index in [1.165, 1.54) is 5.56 Å². The number of Topliss-reactive ketones (excluding diaryl/α,β-unsaturated/α-hetero) is 1. The fourth-order valence-corrected chi connectivity index (χ4v) is 3.08. The number of hydrogen-bond donors (Lipinski definition) is 1. The van der Waals surface area contributed by atoms with Gasteiger partial charge in [-0.2, -0.15) is 0 Å². The van der Waals surface area contributed by atoms with Gasteiger partial charge in [-0.05, 0) is 29.3 Å².